The zero-order valence-corrected chi connectivity index (χ0v) is 9.65. The lowest BCUT2D eigenvalue weighted by molar-refractivity contribution is -0.137. The summed E-state index contributed by atoms with van der Waals surface area (Å²) in [5.74, 6) is 0.177. The first kappa shape index (κ1) is 12.5. The quantitative estimate of drug-likeness (QED) is 0.663. The first-order valence-electron chi connectivity index (χ1n) is 5.63. The molecule has 0 aliphatic heterocycles. The van der Waals surface area contributed by atoms with Gasteiger partial charge in [0, 0.05) is 32.4 Å². The fourth-order valence-electron chi connectivity index (χ4n) is 1.49. The maximum atomic E-state index is 10.3. The van der Waals surface area contributed by atoms with E-state index in [2.05, 4.69) is 10.3 Å². The molecule has 0 radical (unpaired) electrons. The Morgan fingerprint density at radius 2 is 2.19 bits per heavy atom. The molecular formula is C11H19N3O2. The van der Waals surface area contributed by atoms with Crippen molar-refractivity contribution in [1.82, 2.24) is 9.55 Å². The molecule has 0 saturated carbocycles. The molecule has 0 unspecified atom stereocenters. The van der Waals surface area contributed by atoms with Gasteiger partial charge in [-0.25, -0.2) is 4.98 Å². The van der Waals surface area contributed by atoms with Gasteiger partial charge in [0.2, 0.25) is 5.95 Å². The summed E-state index contributed by atoms with van der Waals surface area (Å²) in [6, 6.07) is 0. The molecule has 5 heteroatoms. The van der Waals surface area contributed by atoms with Gasteiger partial charge in [0.1, 0.15) is 0 Å². The summed E-state index contributed by atoms with van der Waals surface area (Å²) in [6.07, 6.45) is 7.81. The zero-order chi connectivity index (χ0) is 11.8. The van der Waals surface area contributed by atoms with Gasteiger partial charge in [-0.3, -0.25) is 4.79 Å². The minimum Gasteiger partial charge on any atom is -0.481 e. The Bertz CT molecular complexity index is 323. The van der Waals surface area contributed by atoms with Crippen LogP contribution in [0.4, 0.5) is 5.95 Å². The standard InChI is InChI=1S/C11H19N3O2/c1-14-9-8-13-11(14)12-7-5-3-2-4-6-10(15)16/h8-9H,2-7H2,1H3,(H,12,13)(H,15,16). The third-order valence-corrected chi connectivity index (χ3v) is 2.42. The molecule has 0 aromatic carbocycles. The molecule has 16 heavy (non-hydrogen) atoms. The Morgan fingerprint density at radius 1 is 1.44 bits per heavy atom. The van der Waals surface area contributed by atoms with E-state index in [4.69, 9.17) is 5.11 Å². The summed E-state index contributed by atoms with van der Waals surface area (Å²) in [6.45, 7) is 0.887. The van der Waals surface area contributed by atoms with Gasteiger partial charge in [0.15, 0.2) is 0 Å². The van der Waals surface area contributed by atoms with E-state index in [0.717, 1.165) is 38.2 Å². The Morgan fingerprint density at radius 3 is 2.81 bits per heavy atom. The van der Waals surface area contributed by atoms with Crippen molar-refractivity contribution in [3.8, 4) is 0 Å². The molecule has 0 saturated heterocycles. The number of aliphatic carboxylic acids is 1. The number of imidazole rings is 1. The van der Waals surface area contributed by atoms with Crippen molar-refractivity contribution in [2.45, 2.75) is 32.1 Å². The van der Waals surface area contributed by atoms with Crippen LogP contribution in [0, 0.1) is 0 Å². The van der Waals surface area contributed by atoms with Gasteiger partial charge in [0.25, 0.3) is 0 Å². The maximum Gasteiger partial charge on any atom is 0.303 e. The van der Waals surface area contributed by atoms with Crippen LogP contribution in [-0.4, -0.2) is 27.2 Å². The van der Waals surface area contributed by atoms with E-state index in [0.29, 0.717) is 0 Å². The van der Waals surface area contributed by atoms with Gasteiger partial charge in [0.05, 0.1) is 0 Å². The number of hydrogen-bond donors (Lipinski definition) is 2. The molecule has 0 spiro atoms. The molecule has 1 aromatic rings. The van der Waals surface area contributed by atoms with Crippen molar-refractivity contribution in [1.29, 1.82) is 0 Å². The largest absolute Gasteiger partial charge is 0.481 e. The van der Waals surface area contributed by atoms with E-state index >= 15 is 0 Å². The van der Waals surface area contributed by atoms with Crippen LogP contribution in [0.15, 0.2) is 12.4 Å². The highest BCUT2D eigenvalue weighted by Crippen LogP contribution is 2.05. The normalized spacial score (nSPS) is 10.3. The minimum absolute atomic E-state index is 0.285. The predicted molar refractivity (Wildman–Crippen MR) is 62.4 cm³/mol. The summed E-state index contributed by atoms with van der Waals surface area (Å²) >= 11 is 0. The third kappa shape index (κ3) is 4.82. The molecule has 0 atom stereocenters. The van der Waals surface area contributed by atoms with E-state index in [9.17, 15) is 4.79 Å². The van der Waals surface area contributed by atoms with Gasteiger partial charge in [-0.2, -0.15) is 0 Å². The predicted octanol–water partition coefficient (Wildman–Crippen LogP) is 1.87. The van der Waals surface area contributed by atoms with E-state index in [1.807, 2.05) is 17.8 Å². The van der Waals surface area contributed by atoms with Crippen LogP contribution >= 0.6 is 0 Å². The molecule has 0 aliphatic rings. The van der Waals surface area contributed by atoms with Crippen molar-refractivity contribution in [3.63, 3.8) is 0 Å². The number of nitrogens with one attached hydrogen (secondary N) is 1. The van der Waals surface area contributed by atoms with Crippen molar-refractivity contribution < 1.29 is 9.90 Å². The number of aryl methyl sites for hydroxylation is 1. The van der Waals surface area contributed by atoms with Gasteiger partial charge in [-0.1, -0.05) is 12.8 Å². The number of anilines is 1. The van der Waals surface area contributed by atoms with Gasteiger partial charge in [-0.15, -0.1) is 0 Å². The molecule has 1 rings (SSSR count). The van der Waals surface area contributed by atoms with Crippen LogP contribution < -0.4 is 5.32 Å². The Hall–Kier alpha value is -1.52. The molecule has 0 aliphatic carbocycles. The van der Waals surface area contributed by atoms with Crippen LogP contribution in [-0.2, 0) is 11.8 Å². The van der Waals surface area contributed by atoms with E-state index < -0.39 is 5.97 Å². The van der Waals surface area contributed by atoms with Crippen molar-refractivity contribution >= 4 is 11.9 Å². The molecule has 5 nitrogen and oxygen atoms in total. The number of carbonyl (C=O) groups is 1. The second-order valence-electron chi connectivity index (χ2n) is 3.85. The molecule has 1 aromatic heterocycles. The number of aromatic nitrogens is 2. The van der Waals surface area contributed by atoms with Crippen LogP contribution in [0.1, 0.15) is 32.1 Å². The number of nitrogens with zero attached hydrogens (tertiary/aromatic N) is 2. The fraction of sp³-hybridized carbons (Fsp3) is 0.636. The topological polar surface area (TPSA) is 67.2 Å². The minimum atomic E-state index is -0.703. The second-order valence-corrected chi connectivity index (χ2v) is 3.85. The zero-order valence-electron chi connectivity index (χ0n) is 9.65. The molecule has 0 fully saturated rings. The van der Waals surface area contributed by atoms with E-state index in [1.54, 1.807) is 6.20 Å². The van der Waals surface area contributed by atoms with Crippen LogP contribution in [0.3, 0.4) is 0 Å². The summed E-state index contributed by atoms with van der Waals surface area (Å²) < 4.78 is 1.93. The molecule has 0 amide bonds. The van der Waals surface area contributed by atoms with E-state index in [-0.39, 0.29) is 6.42 Å². The molecule has 2 N–H and O–H groups in total. The van der Waals surface area contributed by atoms with E-state index in [1.165, 1.54) is 0 Å². The third-order valence-electron chi connectivity index (χ3n) is 2.42. The van der Waals surface area contributed by atoms with Crippen molar-refractivity contribution in [2.24, 2.45) is 7.05 Å². The van der Waals surface area contributed by atoms with Crippen molar-refractivity contribution in [3.05, 3.63) is 12.4 Å². The Kier molecular flexibility index (Phi) is 5.39. The first-order chi connectivity index (χ1) is 7.70. The van der Waals surface area contributed by atoms with Gasteiger partial charge >= 0.3 is 5.97 Å². The van der Waals surface area contributed by atoms with Gasteiger partial charge < -0.3 is 15.0 Å². The molecule has 1 heterocycles. The highest BCUT2D eigenvalue weighted by atomic mass is 16.4. The molecule has 0 bridgehead atoms. The average Bonchev–Trinajstić information content (AvgIpc) is 2.62. The first-order valence-corrected chi connectivity index (χ1v) is 5.63. The fourth-order valence-corrected chi connectivity index (χ4v) is 1.49. The lowest BCUT2D eigenvalue weighted by Crippen LogP contribution is -2.06. The number of carboxylic acid groups (broad SMARTS) is 1. The monoisotopic (exact) mass is 225 g/mol. The second kappa shape index (κ2) is 6.87. The van der Waals surface area contributed by atoms with Crippen LogP contribution in [0.25, 0.3) is 0 Å². The Balaban J connectivity index is 1.96. The number of hydrogen-bond acceptors (Lipinski definition) is 3. The SMILES string of the molecule is Cn1ccnc1NCCCCCCC(=O)O. The lowest BCUT2D eigenvalue weighted by atomic mass is 10.1. The summed E-state index contributed by atoms with van der Waals surface area (Å²) in [5, 5.41) is 11.7. The van der Waals surface area contributed by atoms with Crippen molar-refractivity contribution in [2.75, 3.05) is 11.9 Å². The highest BCUT2D eigenvalue weighted by molar-refractivity contribution is 5.66. The highest BCUT2D eigenvalue weighted by Gasteiger charge is 1.98. The van der Waals surface area contributed by atoms with Gasteiger partial charge in [-0.05, 0) is 12.8 Å². The summed E-state index contributed by atoms with van der Waals surface area (Å²) in [4.78, 5) is 14.4. The molecule has 90 valence electrons. The Labute approximate surface area is 95.5 Å². The van der Waals surface area contributed by atoms with Crippen LogP contribution in [0.2, 0.25) is 0 Å². The number of unbranched alkanes of at least 4 members (excludes halogenated alkanes) is 3. The molecular weight excluding hydrogens is 206 g/mol. The average molecular weight is 225 g/mol. The smallest absolute Gasteiger partial charge is 0.303 e. The lowest BCUT2D eigenvalue weighted by Gasteiger charge is -2.05. The maximum absolute atomic E-state index is 10.3. The number of carboxylic acids is 1. The van der Waals surface area contributed by atoms with Crippen LogP contribution in [0.5, 0.6) is 0 Å². The summed E-state index contributed by atoms with van der Waals surface area (Å²) in [5.41, 5.74) is 0. The number of rotatable bonds is 8. The summed E-state index contributed by atoms with van der Waals surface area (Å²) in [7, 11) is 1.95.